The Kier molecular flexibility index (Phi) is 5.54. The summed E-state index contributed by atoms with van der Waals surface area (Å²) in [6.45, 7) is 0. The molecule has 0 saturated heterocycles. The van der Waals surface area contributed by atoms with Crippen LogP contribution in [0.15, 0.2) is 30.3 Å². The Morgan fingerprint density at radius 1 is 1.17 bits per heavy atom. The van der Waals surface area contributed by atoms with Crippen LogP contribution in [0.2, 0.25) is 0 Å². The van der Waals surface area contributed by atoms with Gasteiger partial charge in [-0.25, -0.2) is 0 Å². The molecule has 0 aromatic heterocycles. The maximum Gasteiger partial charge on any atom is 0.344 e. The van der Waals surface area contributed by atoms with Crippen LogP contribution < -0.4 is 0 Å². The minimum atomic E-state index is -3.50. The van der Waals surface area contributed by atoms with E-state index in [-0.39, 0.29) is 6.42 Å². The van der Waals surface area contributed by atoms with Gasteiger partial charge in [-0.1, -0.05) is 30.3 Å². The van der Waals surface area contributed by atoms with Gasteiger partial charge < -0.3 is 13.8 Å². The smallest absolute Gasteiger partial charge is 0.344 e. The third-order valence-corrected chi connectivity index (χ3v) is 4.81. The normalized spacial score (nSPS) is 13.1. The van der Waals surface area contributed by atoms with Crippen molar-refractivity contribution in [2.45, 2.75) is 12.1 Å². The molecule has 0 aliphatic heterocycles. The fourth-order valence-corrected chi connectivity index (χ4v) is 3.08. The van der Waals surface area contributed by atoms with E-state index < -0.39 is 19.2 Å². The van der Waals surface area contributed by atoms with Crippen molar-refractivity contribution in [3.8, 4) is 0 Å². The van der Waals surface area contributed by atoms with Gasteiger partial charge in [-0.15, -0.1) is 0 Å². The average molecular weight is 272 g/mol. The third kappa shape index (κ3) is 3.42. The van der Waals surface area contributed by atoms with E-state index in [1.165, 1.54) is 21.3 Å². The molecule has 0 fully saturated rings. The zero-order valence-electron chi connectivity index (χ0n) is 10.7. The standard InChI is InChI=1S/C12H17O5P/c1-15-12(13)11(18(14,16-2)17-3)9-10-7-5-4-6-8-10/h4-8,11H,9H2,1-3H3/t11-/m0/s1. The van der Waals surface area contributed by atoms with E-state index in [0.29, 0.717) is 0 Å². The highest BCUT2D eigenvalue weighted by molar-refractivity contribution is 7.55. The fraction of sp³-hybridized carbons (Fsp3) is 0.417. The highest BCUT2D eigenvalue weighted by atomic mass is 31.2. The van der Waals surface area contributed by atoms with Crippen molar-refractivity contribution in [2.24, 2.45) is 0 Å². The van der Waals surface area contributed by atoms with Gasteiger partial charge in [0.1, 0.15) is 0 Å². The Hall–Kier alpha value is -1.16. The Morgan fingerprint density at radius 3 is 2.17 bits per heavy atom. The zero-order valence-corrected chi connectivity index (χ0v) is 11.6. The van der Waals surface area contributed by atoms with Crippen LogP contribution in [0.5, 0.6) is 0 Å². The van der Waals surface area contributed by atoms with Gasteiger partial charge in [-0.05, 0) is 12.0 Å². The number of hydrogen-bond donors (Lipinski definition) is 0. The molecular formula is C12H17O5P. The van der Waals surface area contributed by atoms with E-state index in [9.17, 15) is 9.36 Å². The molecule has 100 valence electrons. The van der Waals surface area contributed by atoms with E-state index >= 15 is 0 Å². The predicted molar refractivity (Wildman–Crippen MR) is 67.6 cm³/mol. The quantitative estimate of drug-likeness (QED) is 0.587. The summed E-state index contributed by atoms with van der Waals surface area (Å²) in [5, 5.41) is 0. The number of benzene rings is 1. The van der Waals surface area contributed by atoms with Crippen LogP contribution in [0.25, 0.3) is 0 Å². The molecule has 0 amide bonds. The Labute approximate surface area is 107 Å². The Morgan fingerprint density at radius 2 is 1.72 bits per heavy atom. The molecule has 6 heteroatoms. The number of ether oxygens (including phenoxy) is 1. The second kappa shape index (κ2) is 6.69. The molecule has 0 radical (unpaired) electrons. The van der Waals surface area contributed by atoms with Crippen LogP contribution in [0.1, 0.15) is 5.56 Å². The lowest BCUT2D eigenvalue weighted by atomic mass is 10.1. The lowest BCUT2D eigenvalue weighted by molar-refractivity contribution is -0.140. The highest BCUT2D eigenvalue weighted by Gasteiger charge is 2.40. The van der Waals surface area contributed by atoms with Crippen molar-refractivity contribution in [1.29, 1.82) is 0 Å². The molecule has 0 unspecified atom stereocenters. The summed E-state index contributed by atoms with van der Waals surface area (Å²) in [5.41, 5.74) is -0.0953. The maximum absolute atomic E-state index is 12.3. The average Bonchev–Trinajstić information content (AvgIpc) is 2.44. The summed E-state index contributed by atoms with van der Waals surface area (Å²) >= 11 is 0. The molecule has 18 heavy (non-hydrogen) atoms. The summed E-state index contributed by atoms with van der Waals surface area (Å²) in [4.78, 5) is 11.7. The second-order valence-corrected chi connectivity index (χ2v) is 6.07. The van der Waals surface area contributed by atoms with E-state index in [0.717, 1.165) is 5.56 Å². The largest absolute Gasteiger partial charge is 0.468 e. The number of esters is 1. The number of hydrogen-bond acceptors (Lipinski definition) is 5. The molecule has 5 nitrogen and oxygen atoms in total. The lowest BCUT2D eigenvalue weighted by Gasteiger charge is -2.22. The third-order valence-electron chi connectivity index (χ3n) is 2.64. The van der Waals surface area contributed by atoms with E-state index in [1.807, 2.05) is 30.3 Å². The first-order valence-corrected chi connectivity index (χ1v) is 7.01. The SMILES string of the molecule is COC(=O)[C@H](Cc1ccccc1)P(=O)(OC)OC. The predicted octanol–water partition coefficient (Wildman–Crippen LogP) is 2.26. The monoisotopic (exact) mass is 272 g/mol. The Bertz CT molecular complexity index is 423. The highest BCUT2D eigenvalue weighted by Crippen LogP contribution is 2.53. The molecule has 0 N–H and O–H groups in total. The van der Waals surface area contributed by atoms with Gasteiger partial charge in [0.15, 0.2) is 5.66 Å². The van der Waals surface area contributed by atoms with Crippen LogP contribution >= 0.6 is 7.60 Å². The van der Waals surface area contributed by atoms with Gasteiger partial charge in [-0.2, -0.15) is 0 Å². The molecule has 0 heterocycles. The van der Waals surface area contributed by atoms with Gasteiger partial charge in [0, 0.05) is 14.2 Å². The first kappa shape index (κ1) is 14.9. The van der Waals surface area contributed by atoms with Crippen molar-refractivity contribution >= 4 is 13.6 Å². The molecular weight excluding hydrogens is 255 g/mol. The van der Waals surface area contributed by atoms with E-state index in [1.54, 1.807) is 0 Å². The molecule has 1 aromatic carbocycles. The topological polar surface area (TPSA) is 61.8 Å². The molecule has 0 spiro atoms. The molecule has 1 atom stereocenters. The van der Waals surface area contributed by atoms with Crippen molar-refractivity contribution < 1.29 is 23.1 Å². The van der Waals surface area contributed by atoms with Gasteiger partial charge in [0.05, 0.1) is 7.11 Å². The van der Waals surface area contributed by atoms with Crippen molar-refractivity contribution in [3.05, 3.63) is 35.9 Å². The number of rotatable bonds is 6. The van der Waals surface area contributed by atoms with Crippen molar-refractivity contribution in [3.63, 3.8) is 0 Å². The first-order valence-electron chi connectivity index (χ1n) is 5.40. The minimum absolute atomic E-state index is 0.243. The van der Waals surface area contributed by atoms with Gasteiger partial charge in [0.25, 0.3) is 0 Å². The minimum Gasteiger partial charge on any atom is -0.468 e. The fourth-order valence-electron chi connectivity index (χ4n) is 1.63. The first-order chi connectivity index (χ1) is 8.57. The summed E-state index contributed by atoms with van der Waals surface area (Å²) in [6.07, 6.45) is 0.243. The van der Waals surface area contributed by atoms with Crippen LogP contribution in [-0.2, 0) is 29.6 Å². The summed E-state index contributed by atoms with van der Waals surface area (Å²) in [7, 11) is 0.252. The molecule has 0 bridgehead atoms. The van der Waals surface area contributed by atoms with Crippen LogP contribution in [0.3, 0.4) is 0 Å². The molecule has 1 rings (SSSR count). The van der Waals surface area contributed by atoms with Gasteiger partial charge >= 0.3 is 13.6 Å². The van der Waals surface area contributed by atoms with Crippen LogP contribution in [-0.4, -0.2) is 33.0 Å². The molecule has 0 aliphatic rings. The zero-order chi connectivity index (χ0) is 13.6. The molecule has 1 aromatic rings. The summed E-state index contributed by atoms with van der Waals surface area (Å²) < 4.78 is 26.7. The van der Waals surface area contributed by atoms with Crippen LogP contribution in [0.4, 0.5) is 0 Å². The summed E-state index contributed by atoms with van der Waals surface area (Å²) in [5.74, 6) is -0.606. The maximum atomic E-state index is 12.3. The number of methoxy groups -OCH3 is 1. The van der Waals surface area contributed by atoms with E-state index in [4.69, 9.17) is 9.05 Å². The van der Waals surface area contributed by atoms with Crippen molar-refractivity contribution in [1.82, 2.24) is 0 Å². The van der Waals surface area contributed by atoms with Crippen molar-refractivity contribution in [2.75, 3.05) is 21.3 Å². The Balaban J connectivity index is 3.00. The molecule has 0 aliphatic carbocycles. The van der Waals surface area contributed by atoms with E-state index in [2.05, 4.69) is 4.74 Å². The van der Waals surface area contributed by atoms with Crippen LogP contribution in [0, 0.1) is 0 Å². The second-order valence-electron chi connectivity index (χ2n) is 3.63. The summed E-state index contributed by atoms with van der Waals surface area (Å²) in [6, 6.07) is 9.22. The molecule has 0 saturated carbocycles. The number of carbonyl (C=O) groups excluding carboxylic acids is 1. The lowest BCUT2D eigenvalue weighted by Crippen LogP contribution is -2.26. The van der Waals surface area contributed by atoms with Gasteiger partial charge in [0.2, 0.25) is 0 Å². The number of carbonyl (C=O) groups is 1. The van der Waals surface area contributed by atoms with Gasteiger partial charge in [-0.3, -0.25) is 9.36 Å².